The van der Waals surface area contributed by atoms with E-state index in [1.165, 1.54) is 6.92 Å². The van der Waals surface area contributed by atoms with Crippen molar-refractivity contribution >= 4 is 123 Å². The van der Waals surface area contributed by atoms with E-state index in [1.54, 1.807) is 107 Å². The van der Waals surface area contributed by atoms with E-state index < -0.39 is 123 Å². The molecule has 137 heavy (non-hydrogen) atoms. The van der Waals surface area contributed by atoms with Gasteiger partial charge in [-0.15, -0.1) is 0 Å². The smallest absolute Gasteiger partial charge is 0.390 e. The Labute approximate surface area is 844 Å². The van der Waals surface area contributed by atoms with E-state index in [4.69, 9.17) is 225 Å². The monoisotopic (exact) mass is 2260 g/mol. The standard InChI is InChI=1S/C9H23NO3Si.C9H22O3Si.C8H21NO3Si.C8H20O3Si.C7H18O3Si.C6H17NO3Si.C6H16O3Si.C5H15NO3Si.C5H14O3Si.C4H12O3Si.C3H11NO3Si.C2H9NO3Si.C2H8O3Si.CH6O3Si/c1-4-11-14(12-5-2,13-6-3)9-7-8-10;1-5-9-13(10-6-2,11-7-3)12-8-4;1-4-10-13(8-7-9,11-5-2)12-6-3;1-5-9-12(8-4,10-6-2)11-7-3;1-5-8-11(4,9-6-2)10-7-3;1-8-11(9-2,10-3)6-4-5-7;1-5-6-10(7-2,8-3)9-4;1-7-10(8-2,9-3)5-4-6;1-5-9(6-2,7-3)8-4;1-5-8(4,6-2)7-3;4-2-1-3-8(5,6)7;3-1-2-7(4,5)6;1-2-6(3,4)5;1-5(2,3)4/h4-10H2,1-3H3;5-9H2,1-4H3;4-9H2,1-3H3;5-8H2,1-4H3;5-7H2,1-4H3;4-7H2,1-3H3;5-6H2,1-4H3;4-6H2,1-3H3;5H2,1-4H3;1-4H3;5-7H,1-4H2;4-6H,1-3H2;3-5H,2H2,1H3;2-4H,1H3. The summed E-state index contributed by atoms with van der Waals surface area (Å²) in [5, 5.41) is 0. The van der Waals surface area contributed by atoms with Gasteiger partial charge >= 0.3 is 123 Å². The fourth-order valence-electron chi connectivity index (χ4n) is 9.74. The molecule has 0 aromatic rings. The van der Waals surface area contributed by atoms with Crippen LogP contribution in [0.4, 0.5) is 0 Å². The maximum atomic E-state index is 8.34. The third-order valence-corrected chi connectivity index (χ3v) is 47.9. The average Bonchev–Trinajstić information content (AvgIpc) is 0.880. The highest BCUT2D eigenvalue weighted by Gasteiger charge is 2.44. The van der Waals surface area contributed by atoms with Crippen LogP contribution >= 0.6 is 0 Å². The Hall–Kier alpha value is 1.12. The van der Waals surface area contributed by atoms with Gasteiger partial charge in [0.25, 0.3) is 0 Å². The molecular formula is C75H212N6O42Si14. The predicted molar refractivity (Wildman–Crippen MR) is 563 cm³/mol. The Morgan fingerprint density at radius 3 is 0.460 bits per heavy atom. The Morgan fingerprint density at radius 1 is 0.168 bits per heavy atom. The van der Waals surface area contributed by atoms with E-state index in [-0.39, 0.29) is 24.7 Å². The Bertz CT molecular complexity index is 2100. The van der Waals surface area contributed by atoms with Crippen LogP contribution in [-0.4, -0.2) is 426 Å². The maximum absolute atomic E-state index is 8.34. The van der Waals surface area contributed by atoms with E-state index >= 15 is 0 Å². The first-order valence-electron chi connectivity index (χ1n) is 46.7. The van der Waals surface area contributed by atoms with Crippen LogP contribution in [0, 0.1) is 0 Å². The first-order valence-corrected chi connectivity index (χ1v) is 75.1. The normalized spacial score (nSPS) is 12.0. The molecule has 0 aromatic carbocycles. The van der Waals surface area contributed by atoms with Crippen molar-refractivity contribution in [3.8, 4) is 0 Å². The van der Waals surface area contributed by atoms with Crippen molar-refractivity contribution in [2.45, 2.75) is 257 Å². The van der Waals surface area contributed by atoms with Gasteiger partial charge in [-0.2, -0.15) is 0 Å². The second-order valence-electron chi connectivity index (χ2n) is 26.9. The highest BCUT2D eigenvalue weighted by Crippen LogP contribution is 2.22. The lowest BCUT2D eigenvalue weighted by molar-refractivity contribution is 0.0702. The summed E-state index contributed by atoms with van der Waals surface area (Å²) < 4.78 is 160. The summed E-state index contributed by atoms with van der Waals surface area (Å²) in [6.07, 6.45) is 4.32. The molecule has 0 aliphatic heterocycles. The molecule has 0 saturated carbocycles. The topological polar surface area (TPSA) is 676 Å². The van der Waals surface area contributed by atoms with Gasteiger partial charge < -0.3 is 225 Å². The number of rotatable bonds is 67. The Morgan fingerprint density at radius 2 is 0.336 bits per heavy atom. The van der Waals surface area contributed by atoms with Crippen LogP contribution in [0.1, 0.15) is 171 Å². The minimum Gasteiger partial charge on any atom is -0.390 e. The molecule has 24 N–H and O–H groups in total. The van der Waals surface area contributed by atoms with Crippen molar-refractivity contribution in [3.63, 3.8) is 0 Å². The zero-order valence-corrected chi connectivity index (χ0v) is 106. The molecule has 62 heteroatoms. The number of hydrogen-bond donors (Lipinski definition) is 18. The van der Waals surface area contributed by atoms with Gasteiger partial charge in [0.15, 0.2) is 0 Å². The fourth-order valence-corrected chi connectivity index (χ4v) is 29.2. The van der Waals surface area contributed by atoms with Gasteiger partial charge in [-0.05, 0) is 162 Å². The highest BCUT2D eigenvalue weighted by molar-refractivity contribution is 6.64. The van der Waals surface area contributed by atoms with E-state index in [0.29, 0.717) is 150 Å². The molecule has 0 bridgehead atoms. The van der Waals surface area contributed by atoms with Crippen molar-refractivity contribution in [3.05, 3.63) is 0 Å². The molecule has 0 saturated heterocycles. The summed E-state index contributed by atoms with van der Waals surface area (Å²) in [5.41, 5.74) is 31.6. The lowest BCUT2D eigenvalue weighted by Gasteiger charge is -2.28. The zero-order valence-electron chi connectivity index (χ0n) is 92.2. The summed E-state index contributed by atoms with van der Waals surface area (Å²) in [7, 11) is -13.6. The van der Waals surface area contributed by atoms with Crippen LogP contribution in [0.2, 0.25) is 86.1 Å². The SMILES string of the molecule is CCC[Si](OC)(OC)OC.CCC[Si](OCC)(OCC)OCC.CCO[Si](C)(OCC)OCC.CCO[Si](CC)(OCC)OCC.CCO[Si](CCCN)(OCC)OCC.CCO[Si](CCN)(OCC)OCC.CC[Si](O)(O)O.CC[Si](OC)(OC)OC.CO[Si](C)(OC)OC.CO[Si](CCCN)(OC)OC.CO[Si](CCN)(OC)OC.C[Si](O)(O)O.NCCC[Si](O)(O)O.NCC[Si](O)(O)O. The molecule has 0 aromatic heterocycles. The highest BCUT2D eigenvalue weighted by atomic mass is 28.4. The van der Waals surface area contributed by atoms with Gasteiger partial charge in [-0.1, -0.05) is 47.5 Å². The van der Waals surface area contributed by atoms with Crippen molar-refractivity contribution in [1.29, 1.82) is 0 Å². The molecule has 0 unspecified atom stereocenters. The average molecular weight is 2260 g/mol. The van der Waals surface area contributed by atoms with Crippen LogP contribution in [0.15, 0.2) is 0 Å². The van der Waals surface area contributed by atoms with E-state index in [0.717, 1.165) is 68.5 Å². The molecule has 0 fully saturated rings. The second-order valence-corrected chi connectivity index (χ2v) is 64.4. The van der Waals surface area contributed by atoms with Crippen LogP contribution in [0.5, 0.6) is 0 Å². The summed E-state index contributed by atoms with van der Waals surface area (Å²) in [4.78, 5) is 97.1. The Balaban J connectivity index is -0.0000000998. The Kier molecular flexibility index (Phi) is 135. The summed E-state index contributed by atoms with van der Waals surface area (Å²) in [6, 6.07) is 6.48. The van der Waals surface area contributed by atoms with Crippen molar-refractivity contribution in [1.82, 2.24) is 0 Å². The fraction of sp³-hybridized carbons (Fsp3) is 1.00. The number of nitrogens with two attached hydrogens (primary N) is 6. The lowest BCUT2D eigenvalue weighted by Crippen LogP contribution is -2.47. The zero-order chi connectivity index (χ0) is 110. The number of hydrogen-bond acceptors (Lipinski definition) is 48. The van der Waals surface area contributed by atoms with Crippen LogP contribution in [0.25, 0.3) is 0 Å². The van der Waals surface area contributed by atoms with Gasteiger partial charge in [-0.3, -0.25) is 0 Å². The van der Waals surface area contributed by atoms with Gasteiger partial charge in [0, 0.05) is 292 Å². The molecule has 0 amide bonds. The lowest BCUT2D eigenvalue weighted by atomic mass is 10.5. The van der Waals surface area contributed by atoms with E-state index in [9.17, 15) is 0 Å². The molecule has 0 aliphatic carbocycles. The molecule has 0 atom stereocenters. The largest absolute Gasteiger partial charge is 0.502 e. The van der Waals surface area contributed by atoms with Crippen LogP contribution < -0.4 is 34.4 Å². The molecule has 0 aliphatic rings. The summed E-state index contributed by atoms with van der Waals surface area (Å²) >= 11 is 0. The molecule has 0 radical (unpaired) electrons. The van der Waals surface area contributed by atoms with Crippen LogP contribution in [-0.2, 0) is 133 Å². The minimum absolute atomic E-state index is 0.0451. The summed E-state index contributed by atoms with van der Waals surface area (Å²) in [6.45, 7) is 56.5. The van der Waals surface area contributed by atoms with E-state index in [1.807, 2.05) is 131 Å². The van der Waals surface area contributed by atoms with Crippen molar-refractivity contribution in [2.24, 2.45) is 34.4 Å². The first-order chi connectivity index (χ1) is 64.0. The molecule has 0 heterocycles. The third-order valence-electron chi connectivity index (χ3n) is 16.4. The minimum atomic E-state index is -3.78. The maximum Gasteiger partial charge on any atom is 0.502 e. The van der Waals surface area contributed by atoms with Gasteiger partial charge in [-0.25, -0.2) is 0 Å². The van der Waals surface area contributed by atoms with Gasteiger partial charge in [0.2, 0.25) is 0 Å². The quantitative estimate of drug-likeness (QED) is 0.0364. The molecule has 48 nitrogen and oxygen atoms in total. The molecule has 850 valence electrons. The summed E-state index contributed by atoms with van der Waals surface area (Å²) in [5.74, 6) is 0. The third kappa shape index (κ3) is 111. The molecule has 0 spiro atoms. The van der Waals surface area contributed by atoms with E-state index in [2.05, 4.69) is 13.8 Å². The molecule has 0 rings (SSSR count). The second kappa shape index (κ2) is 110. The molecular weight excluding hydrogens is 2050 g/mol. The van der Waals surface area contributed by atoms with Crippen molar-refractivity contribution < 1.29 is 190 Å². The first kappa shape index (κ1) is 169. The van der Waals surface area contributed by atoms with Gasteiger partial charge in [0.05, 0.1) is 0 Å². The van der Waals surface area contributed by atoms with Crippen LogP contribution in [0.3, 0.4) is 0 Å². The predicted octanol–water partition coefficient (Wildman–Crippen LogP) is 4.80. The van der Waals surface area contributed by atoms with Gasteiger partial charge in [0.1, 0.15) is 0 Å². The van der Waals surface area contributed by atoms with Crippen molar-refractivity contribution in [2.75, 3.05) is 245 Å².